The number of carbonyl (C=O) groups excluding carboxylic acids is 1. The molecule has 1 fully saturated rings. The summed E-state index contributed by atoms with van der Waals surface area (Å²) in [6.07, 6.45) is 9.18. The van der Waals surface area contributed by atoms with Crippen LogP contribution in [0.25, 0.3) is 11.4 Å². The molecule has 6 heteroatoms. The van der Waals surface area contributed by atoms with Gasteiger partial charge in [0, 0.05) is 56.4 Å². The maximum absolute atomic E-state index is 13.0. The summed E-state index contributed by atoms with van der Waals surface area (Å²) in [5.41, 5.74) is 1.55. The van der Waals surface area contributed by atoms with E-state index in [4.69, 9.17) is 0 Å². The molecule has 0 aliphatic carbocycles. The van der Waals surface area contributed by atoms with E-state index >= 15 is 0 Å². The van der Waals surface area contributed by atoms with Gasteiger partial charge in [-0.15, -0.1) is 0 Å². The Balaban J connectivity index is 1.51. The van der Waals surface area contributed by atoms with Crippen LogP contribution in [0.5, 0.6) is 0 Å². The molecule has 1 saturated heterocycles. The van der Waals surface area contributed by atoms with Gasteiger partial charge in [0.2, 0.25) is 0 Å². The standard InChI is InChI=1S/C19H21N5O/c1-23-13-10-22-18(23)14-6-11-24(12-7-14)19(25)16-5-3-2-4-15(16)17-20-8-9-21-17/h2-5,8-10,13-14H,6-7,11-12H2,1H3,(H,20,21). The summed E-state index contributed by atoms with van der Waals surface area (Å²) in [4.78, 5) is 26.8. The molecule has 128 valence electrons. The summed E-state index contributed by atoms with van der Waals surface area (Å²) in [7, 11) is 2.03. The Kier molecular flexibility index (Phi) is 4.09. The van der Waals surface area contributed by atoms with Crippen LogP contribution >= 0.6 is 0 Å². The number of imidazole rings is 2. The van der Waals surface area contributed by atoms with Crippen LogP contribution in [0.1, 0.15) is 34.9 Å². The van der Waals surface area contributed by atoms with E-state index in [1.54, 1.807) is 12.4 Å². The molecule has 0 saturated carbocycles. The number of nitrogens with zero attached hydrogens (tertiary/aromatic N) is 4. The number of amides is 1. The van der Waals surface area contributed by atoms with Gasteiger partial charge < -0.3 is 14.5 Å². The van der Waals surface area contributed by atoms with Crippen molar-refractivity contribution in [2.75, 3.05) is 13.1 Å². The molecular formula is C19H21N5O. The molecule has 3 aromatic rings. The number of aromatic amines is 1. The molecule has 1 aliphatic heterocycles. The second kappa shape index (κ2) is 6.55. The number of hydrogen-bond acceptors (Lipinski definition) is 3. The highest BCUT2D eigenvalue weighted by molar-refractivity contribution is 6.00. The Hall–Kier alpha value is -2.89. The number of benzene rings is 1. The first-order chi connectivity index (χ1) is 12.2. The van der Waals surface area contributed by atoms with Gasteiger partial charge in [-0.1, -0.05) is 18.2 Å². The zero-order valence-electron chi connectivity index (χ0n) is 14.2. The summed E-state index contributed by atoms with van der Waals surface area (Å²) < 4.78 is 2.08. The molecule has 0 unspecified atom stereocenters. The maximum Gasteiger partial charge on any atom is 0.254 e. The molecular weight excluding hydrogens is 314 g/mol. The van der Waals surface area contributed by atoms with E-state index in [1.165, 1.54) is 0 Å². The van der Waals surface area contributed by atoms with Gasteiger partial charge in [0.25, 0.3) is 5.91 Å². The molecule has 2 aromatic heterocycles. The lowest BCUT2D eigenvalue weighted by Gasteiger charge is -2.32. The number of piperidine rings is 1. The highest BCUT2D eigenvalue weighted by Gasteiger charge is 2.27. The van der Waals surface area contributed by atoms with Crippen LogP contribution in [-0.2, 0) is 7.05 Å². The summed E-state index contributed by atoms with van der Waals surface area (Å²) in [5.74, 6) is 2.34. The summed E-state index contributed by atoms with van der Waals surface area (Å²) in [6, 6.07) is 7.65. The van der Waals surface area contributed by atoms with E-state index in [0.29, 0.717) is 11.5 Å². The fraction of sp³-hybridized carbons (Fsp3) is 0.316. The van der Waals surface area contributed by atoms with E-state index < -0.39 is 0 Å². The van der Waals surface area contributed by atoms with Gasteiger partial charge in [0.1, 0.15) is 11.6 Å². The predicted molar refractivity (Wildman–Crippen MR) is 95.1 cm³/mol. The van der Waals surface area contributed by atoms with Crippen molar-refractivity contribution in [3.05, 3.63) is 60.4 Å². The molecule has 1 aliphatic rings. The second-order valence-electron chi connectivity index (χ2n) is 6.45. The molecule has 0 bridgehead atoms. The van der Waals surface area contributed by atoms with E-state index in [-0.39, 0.29) is 5.91 Å². The number of aryl methyl sites for hydroxylation is 1. The molecule has 1 aromatic carbocycles. The number of nitrogens with one attached hydrogen (secondary N) is 1. The average molecular weight is 335 g/mol. The molecule has 0 radical (unpaired) electrons. The van der Waals surface area contributed by atoms with E-state index in [1.807, 2.05) is 48.6 Å². The van der Waals surface area contributed by atoms with Gasteiger partial charge in [-0.25, -0.2) is 9.97 Å². The first kappa shape index (κ1) is 15.6. The van der Waals surface area contributed by atoms with Crippen LogP contribution in [0, 0.1) is 0 Å². The lowest BCUT2D eigenvalue weighted by atomic mass is 9.95. The van der Waals surface area contributed by atoms with Crippen molar-refractivity contribution in [2.45, 2.75) is 18.8 Å². The van der Waals surface area contributed by atoms with E-state index in [9.17, 15) is 4.79 Å². The van der Waals surface area contributed by atoms with Crippen molar-refractivity contribution in [1.29, 1.82) is 0 Å². The number of H-pyrrole nitrogens is 1. The lowest BCUT2D eigenvalue weighted by molar-refractivity contribution is 0.0711. The molecule has 6 nitrogen and oxygen atoms in total. The van der Waals surface area contributed by atoms with E-state index in [2.05, 4.69) is 19.5 Å². The van der Waals surface area contributed by atoms with E-state index in [0.717, 1.165) is 43.1 Å². The van der Waals surface area contributed by atoms with Crippen molar-refractivity contribution < 1.29 is 4.79 Å². The molecule has 25 heavy (non-hydrogen) atoms. The molecule has 3 heterocycles. The monoisotopic (exact) mass is 335 g/mol. The molecule has 1 amide bonds. The number of rotatable bonds is 3. The van der Waals surface area contributed by atoms with Crippen molar-refractivity contribution in [3.63, 3.8) is 0 Å². The predicted octanol–water partition coefficient (Wildman–Crippen LogP) is 2.83. The van der Waals surface area contributed by atoms with Crippen LogP contribution in [0.15, 0.2) is 49.1 Å². The highest BCUT2D eigenvalue weighted by Crippen LogP contribution is 2.28. The second-order valence-corrected chi connectivity index (χ2v) is 6.45. The van der Waals surface area contributed by atoms with Crippen molar-refractivity contribution in [2.24, 2.45) is 7.05 Å². The molecule has 1 N–H and O–H groups in total. The fourth-order valence-corrected chi connectivity index (χ4v) is 3.57. The minimum Gasteiger partial charge on any atom is -0.345 e. The minimum absolute atomic E-state index is 0.0743. The summed E-state index contributed by atoms with van der Waals surface area (Å²) >= 11 is 0. The van der Waals surface area contributed by atoms with Crippen LogP contribution in [-0.4, -0.2) is 43.4 Å². The van der Waals surface area contributed by atoms with Crippen molar-refractivity contribution in [1.82, 2.24) is 24.4 Å². The zero-order valence-corrected chi connectivity index (χ0v) is 14.2. The number of aromatic nitrogens is 4. The fourth-order valence-electron chi connectivity index (χ4n) is 3.57. The number of hydrogen-bond donors (Lipinski definition) is 1. The SMILES string of the molecule is Cn1ccnc1C1CCN(C(=O)c2ccccc2-c2ncc[nH]2)CC1. The van der Waals surface area contributed by atoms with Crippen LogP contribution in [0.3, 0.4) is 0 Å². The average Bonchev–Trinajstić information content (AvgIpc) is 3.33. The first-order valence-corrected chi connectivity index (χ1v) is 8.59. The smallest absolute Gasteiger partial charge is 0.254 e. The largest absolute Gasteiger partial charge is 0.345 e. The molecule has 4 rings (SSSR count). The van der Waals surface area contributed by atoms with Gasteiger partial charge in [0.05, 0.1) is 5.56 Å². The van der Waals surface area contributed by atoms with Gasteiger partial charge in [0.15, 0.2) is 0 Å². The van der Waals surface area contributed by atoms with Gasteiger partial charge in [-0.05, 0) is 18.9 Å². The highest BCUT2D eigenvalue weighted by atomic mass is 16.2. The first-order valence-electron chi connectivity index (χ1n) is 8.59. The van der Waals surface area contributed by atoms with Gasteiger partial charge >= 0.3 is 0 Å². The number of likely N-dealkylation sites (tertiary alicyclic amines) is 1. The quantitative estimate of drug-likeness (QED) is 0.800. The van der Waals surface area contributed by atoms with Crippen LogP contribution in [0.4, 0.5) is 0 Å². The Labute approximate surface area is 146 Å². The van der Waals surface area contributed by atoms with Crippen molar-refractivity contribution >= 4 is 5.91 Å². The van der Waals surface area contributed by atoms with Gasteiger partial charge in [-0.3, -0.25) is 4.79 Å². The van der Waals surface area contributed by atoms with Crippen LogP contribution in [0.2, 0.25) is 0 Å². The topological polar surface area (TPSA) is 66.8 Å². The third-order valence-corrected chi connectivity index (χ3v) is 4.92. The Morgan fingerprint density at radius 1 is 1.16 bits per heavy atom. The normalized spacial score (nSPS) is 15.5. The molecule has 0 atom stereocenters. The minimum atomic E-state index is 0.0743. The van der Waals surface area contributed by atoms with Crippen LogP contribution < -0.4 is 0 Å². The summed E-state index contributed by atoms with van der Waals surface area (Å²) in [5, 5.41) is 0. The number of carbonyl (C=O) groups is 1. The lowest BCUT2D eigenvalue weighted by Crippen LogP contribution is -2.38. The Morgan fingerprint density at radius 3 is 2.64 bits per heavy atom. The Bertz CT molecular complexity index is 860. The third-order valence-electron chi connectivity index (χ3n) is 4.92. The van der Waals surface area contributed by atoms with Crippen molar-refractivity contribution in [3.8, 4) is 11.4 Å². The zero-order chi connectivity index (χ0) is 17.2. The summed E-state index contributed by atoms with van der Waals surface area (Å²) in [6.45, 7) is 1.51. The molecule has 0 spiro atoms. The Morgan fingerprint density at radius 2 is 1.96 bits per heavy atom. The third kappa shape index (κ3) is 2.95. The maximum atomic E-state index is 13.0. The van der Waals surface area contributed by atoms with Gasteiger partial charge in [-0.2, -0.15) is 0 Å².